The maximum Gasteiger partial charge on any atom is 0.192 e. The second-order valence-electron chi connectivity index (χ2n) is 4.52. The zero-order valence-corrected chi connectivity index (χ0v) is 11.5. The summed E-state index contributed by atoms with van der Waals surface area (Å²) in [4.78, 5) is 4.27. The zero-order chi connectivity index (χ0) is 14.1. The summed E-state index contributed by atoms with van der Waals surface area (Å²) < 4.78 is 18.7. The minimum atomic E-state index is -0.409. The number of nitrogens with zero attached hydrogens (tertiary/aromatic N) is 1. The van der Waals surface area contributed by atoms with Crippen LogP contribution in [0, 0.1) is 12.7 Å². The first-order valence-electron chi connectivity index (χ1n) is 6.17. The van der Waals surface area contributed by atoms with Crippen LogP contribution < -0.4 is 5.32 Å². The number of benzene rings is 2. The zero-order valence-electron chi connectivity index (χ0n) is 10.8. The van der Waals surface area contributed by atoms with Crippen molar-refractivity contribution in [2.75, 3.05) is 5.32 Å². The molecule has 1 heterocycles. The number of hydrogen-bond donors (Lipinski definition) is 1. The fourth-order valence-corrected chi connectivity index (χ4v) is 2.12. The second-order valence-corrected chi connectivity index (χ2v) is 4.92. The molecule has 0 unspecified atom stereocenters. The molecule has 1 aromatic heterocycles. The van der Waals surface area contributed by atoms with Crippen molar-refractivity contribution in [3.63, 3.8) is 0 Å². The van der Waals surface area contributed by atoms with E-state index in [1.54, 1.807) is 12.1 Å². The molecule has 0 saturated heterocycles. The first kappa shape index (κ1) is 12.9. The van der Waals surface area contributed by atoms with Gasteiger partial charge in [0.2, 0.25) is 0 Å². The van der Waals surface area contributed by atoms with Crippen LogP contribution in [0.25, 0.3) is 11.1 Å². The predicted octanol–water partition coefficient (Wildman–Crippen LogP) is 4.54. The SMILES string of the molecule is Cc1nc2cc(NCc3ccc(Cl)c(F)c3)ccc2o1. The van der Waals surface area contributed by atoms with Gasteiger partial charge in [0.15, 0.2) is 11.5 Å². The van der Waals surface area contributed by atoms with Gasteiger partial charge in [-0.25, -0.2) is 9.37 Å². The third-order valence-electron chi connectivity index (χ3n) is 2.98. The Morgan fingerprint density at radius 3 is 2.90 bits per heavy atom. The average Bonchev–Trinajstić information content (AvgIpc) is 2.79. The summed E-state index contributed by atoms with van der Waals surface area (Å²) in [5.74, 6) is 0.227. The van der Waals surface area contributed by atoms with Gasteiger partial charge in [-0.15, -0.1) is 0 Å². The lowest BCUT2D eigenvalue weighted by Gasteiger charge is -2.06. The Kier molecular flexibility index (Phi) is 3.32. The molecule has 20 heavy (non-hydrogen) atoms. The fraction of sp³-hybridized carbons (Fsp3) is 0.133. The van der Waals surface area contributed by atoms with Crippen molar-refractivity contribution >= 4 is 28.4 Å². The molecule has 0 radical (unpaired) electrons. The number of aryl methyl sites for hydroxylation is 1. The van der Waals surface area contributed by atoms with Crippen LogP contribution in [0.1, 0.15) is 11.5 Å². The molecular weight excluding hydrogens is 279 g/mol. The van der Waals surface area contributed by atoms with Gasteiger partial charge in [0.1, 0.15) is 11.3 Å². The molecule has 0 aliphatic rings. The maximum absolute atomic E-state index is 13.3. The molecule has 0 amide bonds. The molecule has 0 aliphatic heterocycles. The highest BCUT2D eigenvalue weighted by Gasteiger charge is 2.04. The number of nitrogens with one attached hydrogen (secondary N) is 1. The van der Waals surface area contributed by atoms with Crippen molar-refractivity contribution in [2.24, 2.45) is 0 Å². The third kappa shape index (κ3) is 2.60. The molecule has 0 fully saturated rings. The molecule has 3 aromatic rings. The molecule has 0 saturated carbocycles. The van der Waals surface area contributed by atoms with Gasteiger partial charge in [-0.1, -0.05) is 17.7 Å². The predicted molar refractivity (Wildman–Crippen MR) is 77.5 cm³/mol. The van der Waals surface area contributed by atoms with Crippen LogP contribution in [-0.2, 0) is 6.54 Å². The molecule has 1 N–H and O–H groups in total. The van der Waals surface area contributed by atoms with E-state index in [9.17, 15) is 4.39 Å². The minimum Gasteiger partial charge on any atom is -0.441 e. The number of anilines is 1. The summed E-state index contributed by atoms with van der Waals surface area (Å²) in [5.41, 5.74) is 3.28. The smallest absolute Gasteiger partial charge is 0.192 e. The molecular formula is C15H12ClFN2O. The number of aromatic nitrogens is 1. The van der Waals surface area contributed by atoms with Gasteiger partial charge < -0.3 is 9.73 Å². The Hall–Kier alpha value is -2.07. The van der Waals surface area contributed by atoms with Crippen LogP contribution in [0.5, 0.6) is 0 Å². The Morgan fingerprint density at radius 1 is 1.25 bits per heavy atom. The largest absolute Gasteiger partial charge is 0.441 e. The Bertz CT molecular complexity index is 770. The monoisotopic (exact) mass is 290 g/mol. The molecule has 3 nitrogen and oxygen atoms in total. The van der Waals surface area contributed by atoms with Crippen LogP contribution in [0.3, 0.4) is 0 Å². The quantitative estimate of drug-likeness (QED) is 0.769. The second kappa shape index (κ2) is 5.13. The van der Waals surface area contributed by atoms with Crippen molar-refractivity contribution in [2.45, 2.75) is 13.5 Å². The summed E-state index contributed by atoms with van der Waals surface area (Å²) in [6, 6.07) is 10.4. The highest BCUT2D eigenvalue weighted by Crippen LogP contribution is 2.21. The summed E-state index contributed by atoms with van der Waals surface area (Å²) in [5, 5.41) is 3.35. The van der Waals surface area contributed by atoms with E-state index in [0.717, 1.165) is 22.4 Å². The lowest BCUT2D eigenvalue weighted by molar-refractivity contribution is 0.561. The van der Waals surface area contributed by atoms with Gasteiger partial charge in [0.25, 0.3) is 0 Å². The Balaban J connectivity index is 1.77. The summed E-state index contributed by atoms with van der Waals surface area (Å²) in [6.07, 6.45) is 0. The number of hydrogen-bond acceptors (Lipinski definition) is 3. The normalized spacial score (nSPS) is 10.9. The van der Waals surface area contributed by atoms with Crippen molar-refractivity contribution in [3.8, 4) is 0 Å². The summed E-state index contributed by atoms with van der Waals surface area (Å²) >= 11 is 5.65. The average molecular weight is 291 g/mol. The molecule has 102 valence electrons. The molecule has 0 spiro atoms. The van der Waals surface area contributed by atoms with E-state index >= 15 is 0 Å². The molecule has 3 rings (SSSR count). The van der Waals surface area contributed by atoms with Gasteiger partial charge in [-0.3, -0.25) is 0 Å². The van der Waals surface area contributed by atoms with E-state index in [1.165, 1.54) is 6.07 Å². The third-order valence-corrected chi connectivity index (χ3v) is 3.28. The first-order chi connectivity index (χ1) is 9.61. The standard InChI is InChI=1S/C15H12ClFN2O/c1-9-19-14-7-11(3-5-15(14)20-9)18-8-10-2-4-12(16)13(17)6-10/h2-7,18H,8H2,1H3. The number of fused-ring (bicyclic) bond motifs is 1. The van der Waals surface area contributed by atoms with E-state index in [2.05, 4.69) is 10.3 Å². The van der Waals surface area contributed by atoms with Crippen LogP contribution in [0.2, 0.25) is 5.02 Å². The van der Waals surface area contributed by atoms with E-state index in [1.807, 2.05) is 25.1 Å². The van der Waals surface area contributed by atoms with Crippen molar-refractivity contribution in [1.82, 2.24) is 4.98 Å². The minimum absolute atomic E-state index is 0.133. The topological polar surface area (TPSA) is 38.1 Å². The Labute approximate surface area is 120 Å². The van der Waals surface area contributed by atoms with Crippen LogP contribution in [0.4, 0.5) is 10.1 Å². The van der Waals surface area contributed by atoms with Crippen molar-refractivity contribution < 1.29 is 8.81 Å². The highest BCUT2D eigenvalue weighted by atomic mass is 35.5. The van der Waals surface area contributed by atoms with E-state index in [0.29, 0.717) is 12.4 Å². The fourth-order valence-electron chi connectivity index (χ4n) is 2.01. The summed E-state index contributed by atoms with van der Waals surface area (Å²) in [7, 11) is 0. The van der Waals surface area contributed by atoms with Crippen LogP contribution >= 0.6 is 11.6 Å². The van der Waals surface area contributed by atoms with Crippen molar-refractivity contribution in [1.29, 1.82) is 0 Å². The molecule has 0 aliphatic carbocycles. The van der Waals surface area contributed by atoms with Gasteiger partial charge in [-0.2, -0.15) is 0 Å². The summed E-state index contributed by atoms with van der Waals surface area (Å²) in [6.45, 7) is 2.32. The lowest BCUT2D eigenvalue weighted by atomic mass is 10.2. The first-order valence-corrected chi connectivity index (χ1v) is 6.54. The van der Waals surface area contributed by atoms with Crippen LogP contribution in [0.15, 0.2) is 40.8 Å². The van der Waals surface area contributed by atoms with E-state index < -0.39 is 5.82 Å². The number of oxazole rings is 1. The van der Waals surface area contributed by atoms with Crippen LogP contribution in [-0.4, -0.2) is 4.98 Å². The lowest BCUT2D eigenvalue weighted by Crippen LogP contribution is -1.99. The van der Waals surface area contributed by atoms with Gasteiger partial charge >= 0.3 is 0 Å². The van der Waals surface area contributed by atoms with E-state index in [4.69, 9.17) is 16.0 Å². The number of rotatable bonds is 3. The van der Waals surface area contributed by atoms with Crippen molar-refractivity contribution in [3.05, 3.63) is 58.7 Å². The molecule has 5 heteroatoms. The Morgan fingerprint density at radius 2 is 2.10 bits per heavy atom. The van der Waals surface area contributed by atoms with E-state index in [-0.39, 0.29) is 5.02 Å². The maximum atomic E-state index is 13.3. The number of halogens is 2. The highest BCUT2D eigenvalue weighted by molar-refractivity contribution is 6.30. The molecule has 2 aromatic carbocycles. The molecule has 0 bridgehead atoms. The van der Waals surface area contributed by atoms with Gasteiger partial charge in [0, 0.05) is 19.2 Å². The molecule has 0 atom stereocenters. The van der Waals surface area contributed by atoms with Gasteiger partial charge in [-0.05, 0) is 35.9 Å². The van der Waals surface area contributed by atoms with Gasteiger partial charge in [0.05, 0.1) is 5.02 Å².